The molecule has 0 saturated carbocycles. The molecule has 124 valence electrons. The predicted molar refractivity (Wildman–Crippen MR) is 93.2 cm³/mol. The Morgan fingerprint density at radius 3 is 2.48 bits per heavy atom. The first-order valence-corrected chi connectivity index (χ1v) is 7.79. The Bertz CT molecular complexity index is 654. The molecule has 0 aliphatic carbocycles. The van der Waals surface area contributed by atoms with Crippen molar-refractivity contribution in [2.45, 2.75) is 33.6 Å². The first-order valence-electron chi connectivity index (χ1n) is 7.41. The Hall–Kier alpha value is -2.07. The molecule has 0 fully saturated rings. The van der Waals surface area contributed by atoms with Crippen LogP contribution in [0.3, 0.4) is 0 Å². The predicted octanol–water partition coefficient (Wildman–Crippen LogP) is 5.57. The summed E-state index contributed by atoms with van der Waals surface area (Å²) in [5.41, 5.74) is 2.19. The molecular weight excluding hydrogens is 317 g/mol. The number of carboxylic acid groups (broad SMARTS) is 1. The summed E-state index contributed by atoms with van der Waals surface area (Å²) >= 11 is 5.95. The van der Waals surface area contributed by atoms with Crippen LogP contribution in [0.2, 0.25) is 5.02 Å². The summed E-state index contributed by atoms with van der Waals surface area (Å²) in [5.74, 6) is -1.43. The Kier molecular flexibility index (Phi) is 7.55. The fourth-order valence-electron chi connectivity index (χ4n) is 1.91. The van der Waals surface area contributed by atoms with E-state index in [1.54, 1.807) is 18.2 Å². The fourth-order valence-corrected chi connectivity index (χ4v) is 2.12. The normalized spacial score (nSPS) is 9.78. The molecule has 0 bridgehead atoms. The van der Waals surface area contributed by atoms with E-state index >= 15 is 0 Å². The van der Waals surface area contributed by atoms with Crippen LogP contribution >= 0.6 is 11.6 Å². The quantitative estimate of drug-likeness (QED) is 0.766. The molecule has 2 aromatic carbocycles. The van der Waals surface area contributed by atoms with Gasteiger partial charge in [-0.05, 0) is 30.7 Å². The van der Waals surface area contributed by atoms with Crippen molar-refractivity contribution in [3.05, 3.63) is 58.4 Å². The fraction of sp³-hybridized carbons (Fsp3) is 0.278. The molecule has 3 nitrogen and oxygen atoms in total. The van der Waals surface area contributed by atoms with Crippen molar-refractivity contribution in [2.75, 3.05) is 5.32 Å². The zero-order valence-corrected chi connectivity index (χ0v) is 14.2. The van der Waals surface area contributed by atoms with Crippen LogP contribution in [0, 0.1) is 12.7 Å². The number of benzene rings is 2. The summed E-state index contributed by atoms with van der Waals surface area (Å²) < 4.78 is 13.7. The Labute approximate surface area is 141 Å². The number of aryl methyl sites for hydroxylation is 1. The third kappa shape index (κ3) is 5.91. The summed E-state index contributed by atoms with van der Waals surface area (Å²) in [4.78, 5) is 10.9. The molecule has 0 spiro atoms. The van der Waals surface area contributed by atoms with E-state index in [1.165, 1.54) is 18.6 Å². The Morgan fingerprint density at radius 2 is 1.91 bits per heavy atom. The van der Waals surface area contributed by atoms with Crippen molar-refractivity contribution in [1.82, 2.24) is 0 Å². The van der Waals surface area contributed by atoms with Gasteiger partial charge in [0.05, 0.1) is 17.1 Å². The highest BCUT2D eigenvalue weighted by Crippen LogP contribution is 2.30. The van der Waals surface area contributed by atoms with Gasteiger partial charge in [-0.15, -0.1) is 0 Å². The lowest BCUT2D eigenvalue weighted by Crippen LogP contribution is -2.05. The third-order valence-electron chi connectivity index (χ3n) is 2.82. The second-order valence-corrected chi connectivity index (χ2v) is 5.57. The SMILES string of the molecule is CCC.Cc1ccc(Nc2c(F)cccc2Cl)c(CC(=O)O)c1. The molecule has 0 heterocycles. The van der Waals surface area contributed by atoms with Crippen LogP contribution in [0.5, 0.6) is 0 Å². The molecule has 2 rings (SSSR count). The average molecular weight is 338 g/mol. The van der Waals surface area contributed by atoms with E-state index < -0.39 is 11.8 Å². The van der Waals surface area contributed by atoms with E-state index in [2.05, 4.69) is 19.2 Å². The monoisotopic (exact) mass is 337 g/mol. The summed E-state index contributed by atoms with van der Waals surface area (Å²) in [7, 11) is 0. The molecule has 0 amide bonds. The molecule has 0 aromatic heterocycles. The molecule has 0 atom stereocenters. The maximum atomic E-state index is 13.7. The van der Waals surface area contributed by atoms with Gasteiger partial charge in [0.25, 0.3) is 0 Å². The second kappa shape index (κ2) is 9.16. The summed E-state index contributed by atoms with van der Waals surface area (Å²) in [6.07, 6.45) is 1.11. The number of para-hydroxylation sites is 1. The second-order valence-electron chi connectivity index (χ2n) is 5.16. The molecular formula is C18H21ClFNO2. The van der Waals surface area contributed by atoms with Gasteiger partial charge in [-0.3, -0.25) is 4.79 Å². The minimum Gasteiger partial charge on any atom is -0.481 e. The van der Waals surface area contributed by atoms with E-state index in [0.717, 1.165) is 5.56 Å². The highest BCUT2D eigenvalue weighted by Gasteiger charge is 2.11. The van der Waals surface area contributed by atoms with Crippen LogP contribution in [0.4, 0.5) is 15.8 Å². The molecule has 5 heteroatoms. The minimum atomic E-state index is -0.946. The first-order chi connectivity index (χ1) is 10.9. The number of hydrogen-bond donors (Lipinski definition) is 2. The number of halogens is 2. The van der Waals surface area contributed by atoms with Gasteiger partial charge in [0.2, 0.25) is 0 Å². The third-order valence-corrected chi connectivity index (χ3v) is 3.14. The maximum absolute atomic E-state index is 13.7. The molecule has 0 radical (unpaired) electrons. The van der Waals surface area contributed by atoms with Crippen molar-refractivity contribution >= 4 is 28.9 Å². The van der Waals surface area contributed by atoms with Crippen molar-refractivity contribution < 1.29 is 14.3 Å². The molecule has 23 heavy (non-hydrogen) atoms. The number of rotatable bonds is 4. The van der Waals surface area contributed by atoms with Crippen LogP contribution in [0.15, 0.2) is 36.4 Å². The molecule has 2 N–H and O–H groups in total. The van der Waals surface area contributed by atoms with Crippen LogP contribution in [0.1, 0.15) is 31.4 Å². The Morgan fingerprint density at radius 1 is 1.26 bits per heavy atom. The molecule has 0 aliphatic rings. The lowest BCUT2D eigenvalue weighted by Gasteiger charge is -2.13. The van der Waals surface area contributed by atoms with Gasteiger partial charge in [0, 0.05) is 5.69 Å². The number of carbonyl (C=O) groups is 1. The van der Waals surface area contributed by atoms with Gasteiger partial charge >= 0.3 is 5.97 Å². The van der Waals surface area contributed by atoms with Crippen molar-refractivity contribution in [2.24, 2.45) is 0 Å². The van der Waals surface area contributed by atoms with Gasteiger partial charge in [-0.1, -0.05) is 55.6 Å². The number of aliphatic carboxylic acids is 1. The number of nitrogens with one attached hydrogen (secondary N) is 1. The topological polar surface area (TPSA) is 49.3 Å². The summed E-state index contributed by atoms with van der Waals surface area (Å²) in [5, 5.41) is 12.0. The number of carboxylic acids is 1. The van der Waals surface area contributed by atoms with Gasteiger partial charge < -0.3 is 10.4 Å². The minimum absolute atomic E-state index is 0.143. The molecule has 0 unspecified atom stereocenters. The van der Waals surface area contributed by atoms with Crippen LogP contribution < -0.4 is 5.32 Å². The maximum Gasteiger partial charge on any atom is 0.307 e. The first kappa shape index (κ1) is 19.0. The van der Waals surface area contributed by atoms with Gasteiger partial charge in [0.15, 0.2) is 0 Å². The van der Waals surface area contributed by atoms with Crippen LogP contribution in [0.25, 0.3) is 0 Å². The zero-order valence-electron chi connectivity index (χ0n) is 13.5. The van der Waals surface area contributed by atoms with Crippen molar-refractivity contribution in [3.8, 4) is 0 Å². The van der Waals surface area contributed by atoms with E-state index in [-0.39, 0.29) is 17.1 Å². The van der Waals surface area contributed by atoms with E-state index in [0.29, 0.717) is 11.3 Å². The largest absolute Gasteiger partial charge is 0.481 e. The number of hydrogen-bond acceptors (Lipinski definition) is 2. The number of anilines is 2. The lowest BCUT2D eigenvalue weighted by atomic mass is 10.1. The van der Waals surface area contributed by atoms with E-state index in [4.69, 9.17) is 16.7 Å². The highest BCUT2D eigenvalue weighted by molar-refractivity contribution is 6.33. The average Bonchev–Trinajstić information content (AvgIpc) is 2.45. The van der Waals surface area contributed by atoms with Crippen molar-refractivity contribution in [3.63, 3.8) is 0 Å². The van der Waals surface area contributed by atoms with Crippen LogP contribution in [-0.2, 0) is 11.2 Å². The smallest absolute Gasteiger partial charge is 0.307 e. The van der Waals surface area contributed by atoms with Crippen molar-refractivity contribution in [1.29, 1.82) is 0 Å². The van der Waals surface area contributed by atoms with Gasteiger partial charge in [0.1, 0.15) is 5.82 Å². The van der Waals surface area contributed by atoms with Gasteiger partial charge in [-0.25, -0.2) is 4.39 Å². The van der Waals surface area contributed by atoms with E-state index in [9.17, 15) is 9.18 Å². The highest BCUT2D eigenvalue weighted by atomic mass is 35.5. The standard InChI is InChI=1S/C15H13ClFNO2.C3H8/c1-9-5-6-13(10(7-9)8-14(19)20)18-15-11(16)3-2-4-12(15)17;1-3-2/h2-7,18H,8H2,1H3,(H,19,20);3H2,1-2H3. The molecule has 2 aromatic rings. The lowest BCUT2D eigenvalue weighted by molar-refractivity contribution is -0.136. The Balaban J connectivity index is 0.000000816. The van der Waals surface area contributed by atoms with Crippen LogP contribution in [-0.4, -0.2) is 11.1 Å². The summed E-state index contributed by atoms with van der Waals surface area (Å²) in [6, 6.07) is 9.66. The molecule has 0 saturated heterocycles. The zero-order chi connectivity index (χ0) is 17.4. The van der Waals surface area contributed by atoms with E-state index in [1.807, 2.05) is 13.0 Å². The molecule has 0 aliphatic heterocycles. The summed E-state index contributed by atoms with van der Waals surface area (Å²) in [6.45, 7) is 6.12. The van der Waals surface area contributed by atoms with Gasteiger partial charge in [-0.2, -0.15) is 0 Å².